The molecule has 1 aromatic heterocycles. The van der Waals surface area contributed by atoms with E-state index in [1.54, 1.807) is 30.3 Å². The summed E-state index contributed by atoms with van der Waals surface area (Å²) in [6.07, 6.45) is -5.07. The van der Waals surface area contributed by atoms with Gasteiger partial charge in [-0.05, 0) is 30.3 Å². The number of rotatable bonds is 5. The molecule has 0 spiro atoms. The van der Waals surface area contributed by atoms with Crippen molar-refractivity contribution in [1.29, 1.82) is 0 Å². The molecule has 3 rings (SSSR count). The van der Waals surface area contributed by atoms with Gasteiger partial charge in [-0.1, -0.05) is 18.2 Å². The van der Waals surface area contributed by atoms with Crippen LogP contribution in [0.2, 0.25) is 0 Å². The standard InChI is InChI=1S/C20H15F3N2O6/c1-29-18(27)15-16(11-8-9-13(26)14(10-11)31-20(21,22)23)24-25(17(15)19(28)30-2)12-6-4-3-5-7-12/h3-10,26H,1-2H3. The summed E-state index contributed by atoms with van der Waals surface area (Å²) in [6.45, 7) is 0. The number of ether oxygens (including phenoxy) is 3. The first-order chi connectivity index (χ1) is 14.7. The molecule has 0 bridgehead atoms. The number of aromatic hydroxyl groups is 1. The molecule has 0 aliphatic heterocycles. The molecule has 3 aromatic rings. The second-order valence-electron chi connectivity index (χ2n) is 6.03. The summed E-state index contributed by atoms with van der Waals surface area (Å²) in [5.74, 6) is -3.58. The lowest BCUT2D eigenvalue weighted by atomic mass is 10.0. The minimum atomic E-state index is -5.07. The van der Waals surface area contributed by atoms with E-state index in [1.165, 1.54) is 6.07 Å². The molecule has 0 aliphatic rings. The van der Waals surface area contributed by atoms with Crippen molar-refractivity contribution in [2.24, 2.45) is 0 Å². The highest BCUT2D eigenvalue weighted by Crippen LogP contribution is 2.37. The summed E-state index contributed by atoms with van der Waals surface area (Å²) in [4.78, 5) is 25.0. The van der Waals surface area contributed by atoms with Crippen LogP contribution in [0.25, 0.3) is 16.9 Å². The average molecular weight is 436 g/mol. The highest BCUT2D eigenvalue weighted by Gasteiger charge is 2.34. The highest BCUT2D eigenvalue weighted by atomic mass is 19.4. The lowest BCUT2D eigenvalue weighted by Crippen LogP contribution is -2.17. The molecule has 31 heavy (non-hydrogen) atoms. The van der Waals surface area contributed by atoms with Crippen LogP contribution in [-0.4, -0.2) is 47.4 Å². The van der Waals surface area contributed by atoms with Gasteiger partial charge in [-0.15, -0.1) is 13.2 Å². The van der Waals surface area contributed by atoms with E-state index in [1.807, 2.05) is 0 Å². The van der Waals surface area contributed by atoms with Gasteiger partial charge in [0.15, 0.2) is 17.2 Å². The van der Waals surface area contributed by atoms with Gasteiger partial charge < -0.3 is 19.3 Å². The number of phenols is 1. The van der Waals surface area contributed by atoms with Gasteiger partial charge >= 0.3 is 18.3 Å². The normalized spacial score (nSPS) is 11.1. The Kier molecular flexibility index (Phi) is 5.86. The van der Waals surface area contributed by atoms with Crippen LogP contribution in [0.5, 0.6) is 11.5 Å². The molecule has 162 valence electrons. The quantitative estimate of drug-likeness (QED) is 0.609. The zero-order chi connectivity index (χ0) is 22.8. The molecule has 0 saturated carbocycles. The smallest absolute Gasteiger partial charge is 0.504 e. The van der Waals surface area contributed by atoms with E-state index in [0.29, 0.717) is 5.69 Å². The third-order valence-electron chi connectivity index (χ3n) is 4.11. The van der Waals surface area contributed by atoms with Crippen molar-refractivity contribution in [2.75, 3.05) is 14.2 Å². The van der Waals surface area contributed by atoms with Gasteiger partial charge in [0, 0.05) is 5.56 Å². The zero-order valence-corrected chi connectivity index (χ0v) is 16.1. The van der Waals surface area contributed by atoms with Gasteiger partial charge in [0.25, 0.3) is 0 Å². The van der Waals surface area contributed by atoms with Crippen molar-refractivity contribution in [3.8, 4) is 28.4 Å². The Bertz CT molecular complexity index is 1130. The van der Waals surface area contributed by atoms with E-state index in [-0.39, 0.29) is 22.5 Å². The number of nitrogens with zero attached hydrogens (tertiary/aromatic N) is 2. The number of benzene rings is 2. The van der Waals surface area contributed by atoms with E-state index in [4.69, 9.17) is 9.47 Å². The molecule has 1 N–H and O–H groups in total. The summed E-state index contributed by atoms with van der Waals surface area (Å²) >= 11 is 0. The minimum Gasteiger partial charge on any atom is -0.504 e. The molecule has 0 unspecified atom stereocenters. The molecule has 2 aromatic carbocycles. The number of carbonyl (C=O) groups excluding carboxylic acids is 2. The fraction of sp³-hybridized carbons (Fsp3) is 0.150. The maximum atomic E-state index is 12.7. The van der Waals surface area contributed by atoms with Crippen molar-refractivity contribution in [2.45, 2.75) is 6.36 Å². The SMILES string of the molecule is COC(=O)c1c(-c2ccc(O)c(OC(F)(F)F)c2)nn(-c2ccccc2)c1C(=O)OC. The lowest BCUT2D eigenvalue weighted by molar-refractivity contribution is -0.275. The molecular weight excluding hydrogens is 421 g/mol. The number of alkyl halides is 3. The van der Waals surface area contributed by atoms with Crippen molar-refractivity contribution < 1.29 is 42.1 Å². The summed E-state index contributed by atoms with van der Waals surface area (Å²) in [6, 6.07) is 11.2. The van der Waals surface area contributed by atoms with Crippen LogP contribution in [-0.2, 0) is 9.47 Å². The van der Waals surface area contributed by atoms with Gasteiger partial charge in [-0.2, -0.15) is 5.10 Å². The number of aromatic nitrogens is 2. The molecule has 0 aliphatic carbocycles. The summed E-state index contributed by atoms with van der Waals surface area (Å²) in [7, 11) is 2.17. The Labute approximate surface area is 173 Å². The number of carbonyl (C=O) groups is 2. The van der Waals surface area contributed by atoms with Crippen molar-refractivity contribution in [3.63, 3.8) is 0 Å². The predicted octanol–water partition coefficient (Wildman–Crippen LogP) is 3.72. The number of phenolic OH excluding ortho intramolecular Hbond substituents is 1. The van der Waals surface area contributed by atoms with E-state index >= 15 is 0 Å². The largest absolute Gasteiger partial charge is 0.573 e. The molecule has 0 radical (unpaired) electrons. The fourth-order valence-electron chi connectivity index (χ4n) is 2.82. The predicted molar refractivity (Wildman–Crippen MR) is 100 cm³/mol. The lowest BCUT2D eigenvalue weighted by Gasteiger charge is -2.11. The Balaban J connectivity index is 2.30. The van der Waals surface area contributed by atoms with Gasteiger partial charge in [0.05, 0.1) is 19.9 Å². The fourth-order valence-corrected chi connectivity index (χ4v) is 2.82. The topological polar surface area (TPSA) is 99.9 Å². The van der Waals surface area contributed by atoms with E-state index < -0.39 is 29.8 Å². The Morgan fingerprint density at radius 3 is 2.23 bits per heavy atom. The average Bonchev–Trinajstić information content (AvgIpc) is 3.14. The van der Waals surface area contributed by atoms with Crippen LogP contribution in [0.4, 0.5) is 13.2 Å². The van der Waals surface area contributed by atoms with Crippen LogP contribution in [0.3, 0.4) is 0 Å². The molecule has 0 amide bonds. The van der Waals surface area contributed by atoms with E-state index in [2.05, 4.69) is 9.84 Å². The van der Waals surface area contributed by atoms with Crippen molar-refractivity contribution >= 4 is 11.9 Å². The molecule has 11 heteroatoms. The van der Waals surface area contributed by atoms with Crippen LogP contribution in [0.15, 0.2) is 48.5 Å². The Hall–Kier alpha value is -4.02. The first-order valence-electron chi connectivity index (χ1n) is 8.60. The number of halogens is 3. The number of para-hydroxylation sites is 1. The maximum Gasteiger partial charge on any atom is 0.573 e. The maximum absolute atomic E-state index is 12.7. The molecule has 0 atom stereocenters. The molecule has 0 fully saturated rings. The van der Waals surface area contributed by atoms with Crippen LogP contribution >= 0.6 is 0 Å². The number of esters is 2. The van der Waals surface area contributed by atoms with E-state index in [9.17, 15) is 27.9 Å². The number of hydrogen-bond acceptors (Lipinski definition) is 7. The zero-order valence-electron chi connectivity index (χ0n) is 16.1. The van der Waals surface area contributed by atoms with Gasteiger partial charge in [0.1, 0.15) is 11.3 Å². The molecule has 0 saturated heterocycles. The first kappa shape index (κ1) is 21.7. The van der Waals surface area contributed by atoms with Gasteiger partial charge in [0.2, 0.25) is 0 Å². The number of hydrogen-bond donors (Lipinski definition) is 1. The van der Waals surface area contributed by atoms with Crippen LogP contribution < -0.4 is 4.74 Å². The van der Waals surface area contributed by atoms with Crippen molar-refractivity contribution in [1.82, 2.24) is 9.78 Å². The molecule has 8 nitrogen and oxygen atoms in total. The van der Waals surface area contributed by atoms with Crippen LogP contribution in [0.1, 0.15) is 20.8 Å². The van der Waals surface area contributed by atoms with Gasteiger partial charge in [-0.25, -0.2) is 14.3 Å². The minimum absolute atomic E-state index is 0.0442. The third-order valence-corrected chi connectivity index (χ3v) is 4.11. The second kappa shape index (κ2) is 8.38. The first-order valence-corrected chi connectivity index (χ1v) is 8.60. The third kappa shape index (κ3) is 4.44. The summed E-state index contributed by atoms with van der Waals surface area (Å²) < 4.78 is 52.5. The van der Waals surface area contributed by atoms with Gasteiger partial charge in [-0.3, -0.25) is 0 Å². The number of methoxy groups -OCH3 is 2. The molecule has 1 heterocycles. The Morgan fingerprint density at radius 1 is 1.00 bits per heavy atom. The molecular formula is C20H15F3N2O6. The van der Waals surface area contributed by atoms with Crippen molar-refractivity contribution in [3.05, 3.63) is 59.8 Å². The summed E-state index contributed by atoms with van der Waals surface area (Å²) in [5.41, 5.74) is -0.464. The monoisotopic (exact) mass is 436 g/mol. The van der Waals surface area contributed by atoms with E-state index in [0.717, 1.165) is 31.0 Å². The second-order valence-corrected chi connectivity index (χ2v) is 6.03. The Morgan fingerprint density at radius 2 is 1.65 bits per heavy atom. The van der Waals surface area contributed by atoms with Crippen LogP contribution in [0, 0.1) is 0 Å². The highest BCUT2D eigenvalue weighted by molar-refractivity contribution is 6.06. The summed E-state index contributed by atoms with van der Waals surface area (Å²) in [5, 5.41) is 14.0.